The number of amides is 1. The first-order valence-corrected chi connectivity index (χ1v) is 10.4. The largest absolute Gasteiger partial charge is 0.322 e. The maximum atomic E-state index is 12.7. The van der Waals surface area contributed by atoms with Gasteiger partial charge in [0.25, 0.3) is 15.9 Å². The average Bonchev–Trinajstić information content (AvgIpc) is 3.10. The lowest BCUT2D eigenvalue weighted by atomic mass is 10.3. The van der Waals surface area contributed by atoms with Crippen LogP contribution in [-0.4, -0.2) is 14.3 Å². The van der Waals surface area contributed by atoms with Crippen LogP contribution >= 0.6 is 34.5 Å². The maximum absolute atomic E-state index is 12.7. The number of carbonyl (C=O) groups excluding carboxylic acids is 1. The molecule has 0 spiro atoms. The van der Waals surface area contributed by atoms with Crippen molar-refractivity contribution >= 4 is 61.8 Å². The van der Waals surface area contributed by atoms with Crippen LogP contribution < -0.4 is 10.0 Å². The SMILES string of the molecule is O=C(Nc1ccc(Cl)c(S(=O)(=O)Nc2cccc(Cl)c2)c1)c1ccsc1. The van der Waals surface area contributed by atoms with Crippen molar-refractivity contribution in [2.45, 2.75) is 4.90 Å². The summed E-state index contributed by atoms with van der Waals surface area (Å²) in [5.74, 6) is -0.334. The molecule has 0 aliphatic carbocycles. The number of anilines is 2. The van der Waals surface area contributed by atoms with E-state index in [0.29, 0.717) is 22.0 Å². The molecule has 3 aromatic rings. The van der Waals surface area contributed by atoms with E-state index in [-0.39, 0.29) is 15.8 Å². The highest BCUT2D eigenvalue weighted by molar-refractivity contribution is 7.92. The highest BCUT2D eigenvalue weighted by Gasteiger charge is 2.19. The first-order chi connectivity index (χ1) is 12.3. The molecule has 0 aliphatic heterocycles. The summed E-state index contributed by atoms with van der Waals surface area (Å²) in [6.45, 7) is 0. The lowest BCUT2D eigenvalue weighted by Gasteiger charge is -2.12. The summed E-state index contributed by atoms with van der Waals surface area (Å²) in [6.07, 6.45) is 0. The van der Waals surface area contributed by atoms with E-state index in [1.165, 1.54) is 35.6 Å². The van der Waals surface area contributed by atoms with Crippen LogP contribution in [0, 0.1) is 0 Å². The Morgan fingerprint density at radius 2 is 1.81 bits per heavy atom. The number of halogens is 2. The summed E-state index contributed by atoms with van der Waals surface area (Å²) in [6, 6.07) is 12.2. The van der Waals surface area contributed by atoms with Crippen LogP contribution in [0.1, 0.15) is 10.4 Å². The molecule has 0 radical (unpaired) electrons. The summed E-state index contributed by atoms with van der Waals surface area (Å²) in [5, 5.41) is 6.56. The first kappa shape index (κ1) is 18.7. The molecule has 0 atom stereocenters. The van der Waals surface area contributed by atoms with Gasteiger partial charge in [-0.15, -0.1) is 0 Å². The Morgan fingerprint density at radius 3 is 2.50 bits per heavy atom. The van der Waals surface area contributed by atoms with Gasteiger partial charge in [0, 0.05) is 16.1 Å². The normalized spacial score (nSPS) is 11.2. The van der Waals surface area contributed by atoms with Crippen molar-refractivity contribution in [3.63, 3.8) is 0 Å². The van der Waals surface area contributed by atoms with E-state index in [2.05, 4.69) is 10.0 Å². The molecule has 5 nitrogen and oxygen atoms in total. The molecule has 1 amide bonds. The van der Waals surface area contributed by atoms with Crippen LogP contribution in [0.4, 0.5) is 11.4 Å². The standard InChI is InChI=1S/C17H12Cl2N2O3S2/c18-12-2-1-3-14(8-12)21-26(23,24)16-9-13(4-5-15(16)19)20-17(22)11-6-7-25-10-11/h1-10,21H,(H,20,22). The maximum Gasteiger partial charge on any atom is 0.263 e. The molecule has 0 unspecified atom stereocenters. The molecule has 0 aliphatic rings. The second-order valence-electron chi connectivity index (χ2n) is 5.23. The Balaban J connectivity index is 1.88. The van der Waals surface area contributed by atoms with Crippen molar-refractivity contribution in [1.29, 1.82) is 0 Å². The number of sulfonamides is 1. The Hall–Kier alpha value is -2.06. The number of thiophene rings is 1. The molecule has 1 heterocycles. The third-order valence-electron chi connectivity index (χ3n) is 3.34. The van der Waals surface area contributed by atoms with Crippen molar-refractivity contribution < 1.29 is 13.2 Å². The van der Waals surface area contributed by atoms with Crippen molar-refractivity contribution in [1.82, 2.24) is 0 Å². The highest BCUT2D eigenvalue weighted by Crippen LogP contribution is 2.28. The Bertz CT molecular complexity index is 1050. The van der Waals surface area contributed by atoms with Gasteiger partial charge in [-0.05, 0) is 47.8 Å². The summed E-state index contributed by atoms with van der Waals surface area (Å²) >= 11 is 13.3. The lowest BCUT2D eigenvalue weighted by Crippen LogP contribution is -2.15. The van der Waals surface area contributed by atoms with E-state index in [0.717, 1.165) is 0 Å². The summed E-state index contributed by atoms with van der Waals surface area (Å²) in [4.78, 5) is 12.0. The quantitative estimate of drug-likeness (QED) is 0.594. The Kier molecular flexibility index (Phi) is 5.52. The van der Waals surface area contributed by atoms with Crippen LogP contribution in [0.25, 0.3) is 0 Å². The second-order valence-corrected chi connectivity index (χ2v) is 8.50. The number of nitrogens with one attached hydrogen (secondary N) is 2. The average molecular weight is 427 g/mol. The van der Waals surface area contributed by atoms with Crippen LogP contribution in [-0.2, 0) is 10.0 Å². The van der Waals surface area contributed by atoms with Crippen LogP contribution in [0.5, 0.6) is 0 Å². The molecular formula is C17H12Cl2N2O3S2. The topological polar surface area (TPSA) is 75.3 Å². The van der Waals surface area contributed by atoms with Gasteiger partial charge in [-0.1, -0.05) is 29.3 Å². The van der Waals surface area contributed by atoms with Gasteiger partial charge in [-0.3, -0.25) is 9.52 Å². The van der Waals surface area contributed by atoms with Crippen LogP contribution in [0.15, 0.2) is 64.2 Å². The number of hydrogen-bond donors (Lipinski definition) is 2. The molecule has 134 valence electrons. The summed E-state index contributed by atoms with van der Waals surface area (Å²) in [7, 11) is -3.96. The van der Waals surface area contributed by atoms with Gasteiger partial charge < -0.3 is 5.32 Å². The predicted molar refractivity (Wildman–Crippen MR) is 106 cm³/mol. The molecular weight excluding hydrogens is 415 g/mol. The monoisotopic (exact) mass is 426 g/mol. The second kappa shape index (κ2) is 7.67. The number of carbonyl (C=O) groups is 1. The Morgan fingerprint density at radius 1 is 1.00 bits per heavy atom. The van der Waals surface area contributed by atoms with E-state index in [1.807, 2.05) is 0 Å². The summed E-state index contributed by atoms with van der Waals surface area (Å²) < 4.78 is 27.7. The van der Waals surface area contributed by atoms with Crippen molar-refractivity contribution in [2.75, 3.05) is 10.0 Å². The molecule has 9 heteroatoms. The zero-order valence-corrected chi connectivity index (χ0v) is 16.2. The molecule has 0 bridgehead atoms. The molecule has 0 fully saturated rings. The fourth-order valence-electron chi connectivity index (χ4n) is 2.15. The minimum absolute atomic E-state index is 0.0352. The third kappa shape index (κ3) is 4.37. The van der Waals surface area contributed by atoms with Crippen molar-refractivity contribution in [2.24, 2.45) is 0 Å². The number of benzene rings is 2. The molecule has 0 saturated carbocycles. The van der Waals surface area contributed by atoms with Gasteiger partial charge in [0.15, 0.2) is 0 Å². The van der Waals surface area contributed by atoms with Gasteiger partial charge in [0.1, 0.15) is 4.90 Å². The lowest BCUT2D eigenvalue weighted by molar-refractivity contribution is 0.102. The van der Waals surface area contributed by atoms with Gasteiger partial charge in [-0.25, -0.2) is 8.42 Å². The van der Waals surface area contributed by atoms with E-state index in [4.69, 9.17) is 23.2 Å². The van der Waals surface area contributed by atoms with E-state index in [9.17, 15) is 13.2 Å². The highest BCUT2D eigenvalue weighted by atomic mass is 35.5. The van der Waals surface area contributed by atoms with E-state index in [1.54, 1.807) is 35.0 Å². The van der Waals surface area contributed by atoms with Gasteiger partial charge in [0.05, 0.1) is 16.3 Å². The minimum atomic E-state index is -3.96. The smallest absolute Gasteiger partial charge is 0.263 e. The number of rotatable bonds is 5. The van der Waals surface area contributed by atoms with E-state index < -0.39 is 10.0 Å². The number of hydrogen-bond acceptors (Lipinski definition) is 4. The van der Waals surface area contributed by atoms with Gasteiger partial charge in [-0.2, -0.15) is 11.3 Å². The van der Waals surface area contributed by atoms with E-state index >= 15 is 0 Å². The first-order valence-electron chi connectivity index (χ1n) is 7.27. The van der Waals surface area contributed by atoms with Crippen LogP contribution in [0.2, 0.25) is 10.0 Å². The zero-order chi connectivity index (χ0) is 18.7. The fraction of sp³-hybridized carbons (Fsp3) is 0. The molecule has 26 heavy (non-hydrogen) atoms. The zero-order valence-electron chi connectivity index (χ0n) is 13.1. The predicted octanol–water partition coefficient (Wildman–Crippen LogP) is 5.11. The van der Waals surface area contributed by atoms with Gasteiger partial charge >= 0.3 is 0 Å². The molecule has 0 saturated heterocycles. The van der Waals surface area contributed by atoms with Crippen molar-refractivity contribution in [3.05, 3.63) is 74.9 Å². The van der Waals surface area contributed by atoms with Crippen LogP contribution in [0.3, 0.4) is 0 Å². The summed E-state index contributed by atoms with van der Waals surface area (Å²) in [5.41, 5.74) is 1.12. The van der Waals surface area contributed by atoms with Crippen molar-refractivity contribution in [3.8, 4) is 0 Å². The molecule has 1 aromatic heterocycles. The fourth-order valence-corrected chi connectivity index (χ4v) is 4.55. The molecule has 2 N–H and O–H groups in total. The minimum Gasteiger partial charge on any atom is -0.322 e. The van der Waals surface area contributed by atoms with Gasteiger partial charge in [0.2, 0.25) is 0 Å². The Labute approximate surface area is 164 Å². The molecule has 2 aromatic carbocycles. The third-order valence-corrected chi connectivity index (χ3v) is 6.12. The molecule has 3 rings (SSSR count).